The van der Waals surface area contributed by atoms with Crippen LogP contribution in [0.3, 0.4) is 0 Å². The Morgan fingerprint density at radius 3 is 2.75 bits per heavy atom. The smallest absolute Gasteiger partial charge is 0.226 e. The quantitative estimate of drug-likeness (QED) is 0.833. The molecular formula is C16H25N3O. The highest BCUT2D eigenvalue weighted by atomic mass is 16.1. The maximum Gasteiger partial charge on any atom is 0.226 e. The van der Waals surface area contributed by atoms with Crippen LogP contribution in [0.25, 0.3) is 0 Å². The van der Waals surface area contributed by atoms with E-state index in [0.717, 1.165) is 23.6 Å². The van der Waals surface area contributed by atoms with E-state index in [0.29, 0.717) is 6.04 Å². The number of benzene rings is 1. The Labute approximate surface area is 121 Å². The summed E-state index contributed by atoms with van der Waals surface area (Å²) < 4.78 is 0. The van der Waals surface area contributed by atoms with E-state index in [1.54, 1.807) is 0 Å². The number of anilines is 3. The van der Waals surface area contributed by atoms with Crippen molar-refractivity contribution in [2.24, 2.45) is 5.92 Å². The number of amides is 1. The molecule has 20 heavy (non-hydrogen) atoms. The standard InChI is InChI=1S/C16H25N3O/c1-11(2)16(20)18-13-7-8-15(14(17)10-13)19-9-5-4-6-12(19)3/h7-8,10-12H,4-6,9,17H2,1-3H3,(H,18,20). The van der Waals surface area contributed by atoms with Gasteiger partial charge in [0.05, 0.1) is 11.4 Å². The molecule has 0 spiro atoms. The molecule has 1 amide bonds. The van der Waals surface area contributed by atoms with Gasteiger partial charge in [0.1, 0.15) is 0 Å². The van der Waals surface area contributed by atoms with E-state index in [1.165, 1.54) is 19.3 Å². The van der Waals surface area contributed by atoms with Gasteiger partial charge in [-0.1, -0.05) is 13.8 Å². The van der Waals surface area contributed by atoms with Crippen LogP contribution in [0.1, 0.15) is 40.0 Å². The Hall–Kier alpha value is -1.71. The molecule has 1 fully saturated rings. The van der Waals surface area contributed by atoms with Crippen molar-refractivity contribution in [3.63, 3.8) is 0 Å². The van der Waals surface area contributed by atoms with Crippen LogP contribution in [-0.4, -0.2) is 18.5 Å². The number of rotatable bonds is 3. The average Bonchev–Trinajstić information content (AvgIpc) is 2.40. The molecule has 1 heterocycles. The lowest BCUT2D eigenvalue weighted by Crippen LogP contribution is -2.37. The predicted octanol–water partition coefficient (Wildman–Crippen LogP) is 3.24. The Bertz CT molecular complexity index is 485. The van der Waals surface area contributed by atoms with Gasteiger partial charge in [-0.05, 0) is 44.4 Å². The molecule has 1 atom stereocenters. The molecule has 1 aliphatic heterocycles. The van der Waals surface area contributed by atoms with Crippen LogP contribution in [0.5, 0.6) is 0 Å². The van der Waals surface area contributed by atoms with Crippen LogP contribution in [0.15, 0.2) is 18.2 Å². The summed E-state index contributed by atoms with van der Waals surface area (Å²) in [5.41, 5.74) is 8.77. The van der Waals surface area contributed by atoms with Gasteiger partial charge in [-0.2, -0.15) is 0 Å². The van der Waals surface area contributed by atoms with E-state index in [4.69, 9.17) is 5.73 Å². The molecule has 1 unspecified atom stereocenters. The number of nitrogens with one attached hydrogen (secondary N) is 1. The number of nitrogens with zero attached hydrogens (tertiary/aromatic N) is 1. The molecule has 0 saturated carbocycles. The first kappa shape index (κ1) is 14.7. The number of hydrogen-bond acceptors (Lipinski definition) is 3. The van der Waals surface area contributed by atoms with Gasteiger partial charge < -0.3 is 16.0 Å². The number of hydrogen-bond donors (Lipinski definition) is 2. The van der Waals surface area contributed by atoms with Gasteiger partial charge in [-0.15, -0.1) is 0 Å². The van der Waals surface area contributed by atoms with Crippen molar-refractivity contribution in [1.29, 1.82) is 0 Å². The first-order valence-electron chi connectivity index (χ1n) is 7.46. The first-order valence-corrected chi connectivity index (χ1v) is 7.46. The molecule has 2 rings (SSSR count). The third-order valence-corrected chi connectivity index (χ3v) is 3.93. The van der Waals surface area contributed by atoms with Crippen LogP contribution in [0, 0.1) is 5.92 Å². The monoisotopic (exact) mass is 275 g/mol. The number of nitrogens with two attached hydrogens (primary N) is 1. The number of piperidine rings is 1. The van der Waals surface area contributed by atoms with Gasteiger partial charge in [0, 0.05) is 24.2 Å². The number of carbonyl (C=O) groups is 1. The van der Waals surface area contributed by atoms with Crippen molar-refractivity contribution in [2.45, 2.75) is 46.1 Å². The highest BCUT2D eigenvalue weighted by Crippen LogP contribution is 2.31. The van der Waals surface area contributed by atoms with E-state index < -0.39 is 0 Å². The summed E-state index contributed by atoms with van der Waals surface area (Å²) in [6, 6.07) is 6.35. The van der Waals surface area contributed by atoms with Gasteiger partial charge in [-0.3, -0.25) is 4.79 Å². The molecular weight excluding hydrogens is 250 g/mol. The largest absolute Gasteiger partial charge is 0.397 e. The molecule has 1 aliphatic rings. The molecule has 3 N–H and O–H groups in total. The minimum Gasteiger partial charge on any atom is -0.397 e. The van der Waals surface area contributed by atoms with Crippen LogP contribution >= 0.6 is 0 Å². The predicted molar refractivity (Wildman–Crippen MR) is 85.0 cm³/mol. The van der Waals surface area contributed by atoms with Crippen molar-refractivity contribution >= 4 is 23.0 Å². The molecule has 1 aromatic carbocycles. The Balaban J connectivity index is 2.15. The maximum atomic E-state index is 11.7. The van der Waals surface area contributed by atoms with Crippen LogP contribution < -0.4 is 16.0 Å². The summed E-state index contributed by atoms with van der Waals surface area (Å²) in [5.74, 6) is -0.0125. The van der Waals surface area contributed by atoms with Crippen LogP contribution in [-0.2, 0) is 4.79 Å². The topological polar surface area (TPSA) is 58.4 Å². The van der Waals surface area contributed by atoms with Crippen molar-refractivity contribution in [2.75, 3.05) is 22.5 Å². The van der Waals surface area contributed by atoms with E-state index in [2.05, 4.69) is 17.1 Å². The fourth-order valence-corrected chi connectivity index (χ4v) is 2.64. The minimum absolute atomic E-state index is 0.0171. The van der Waals surface area contributed by atoms with Gasteiger partial charge in [0.25, 0.3) is 0 Å². The summed E-state index contributed by atoms with van der Waals surface area (Å²) in [4.78, 5) is 14.1. The summed E-state index contributed by atoms with van der Waals surface area (Å²) >= 11 is 0. The second kappa shape index (κ2) is 6.16. The molecule has 0 radical (unpaired) electrons. The van der Waals surface area contributed by atoms with E-state index in [1.807, 2.05) is 32.0 Å². The highest BCUT2D eigenvalue weighted by Gasteiger charge is 2.20. The van der Waals surface area contributed by atoms with Gasteiger partial charge in [-0.25, -0.2) is 0 Å². The zero-order chi connectivity index (χ0) is 14.7. The van der Waals surface area contributed by atoms with Crippen molar-refractivity contribution in [1.82, 2.24) is 0 Å². The zero-order valence-corrected chi connectivity index (χ0v) is 12.6. The first-order chi connectivity index (χ1) is 9.49. The second-order valence-electron chi connectivity index (χ2n) is 5.96. The van der Waals surface area contributed by atoms with E-state index in [-0.39, 0.29) is 11.8 Å². The molecule has 4 nitrogen and oxygen atoms in total. The summed E-state index contributed by atoms with van der Waals surface area (Å²) in [6.07, 6.45) is 3.72. The average molecular weight is 275 g/mol. The van der Waals surface area contributed by atoms with Gasteiger partial charge >= 0.3 is 0 Å². The Morgan fingerprint density at radius 2 is 2.15 bits per heavy atom. The van der Waals surface area contributed by atoms with Crippen LogP contribution in [0.4, 0.5) is 17.1 Å². The van der Waals surface area contributed by atoms with Crippen molar-refractivity contribution in [3.8, 4) is 0 Å². The summed E-state index contributed by atoms with van der Waals surface area (Å²) in [5, 5.41) is 2.89. The summed E-state index contributed by atoms with van der Waals surface area (Å²) in [7, 11) is 0. The second-order valence-corrected chi connectivity index (χ2v) is 5.96. The lowest BCUT2D eigenvalue weighted by Gasteiger charge is -2.36. The molecule has 1 saturated heterocycles. The lowest BCUT2D eigenvalue weighted by molar-refractivity contribution is -0.118. The fraction of sp³-hybridized carbons (Fsp3) is 0.562. The SMILES string of the molecule is CC(C)C(=O)Nc1ccc(N2CCCCC2C)c(N)c1. The molecule has 0 aliphatic carbocycles. The maximum absolute atomic E-state index is 11.7. The number of nitrogen functional groups attached to an aromatic ring is 1. The minimum atomic E-state index is -0.0296. The Morgan fingerprint density at radius 1 is 1.40 bits per heavy atom. The van der Waals surface area contributed by atoms with Gasteiger partial charge in [0.2, 0.25) is 5.91 Å². The molecule has 0 aromatic heterocycles. The molecule has 0 bridgehead atoms. The van der Waals surface area contributed by atoms with Crippen molar-refractivity contribution < 1.29 is 4.79 Å². The van der Waals surface area contributed by atoms with Crippen LogP contribution in [0.2, 0.25) is 0 Å². The zero-order valence-electron chi connectivity index (χ0n) is 12.6. The third kappa shape index (κ3) is 3.24. The molecule has 1 aromatic rings. The lowest BCUT2D eigenvalue weighted by atomic mass is 10.0. The molecule has 4 heteroatoms. The molecule has 110 valence electrons. The van der Waals surface area contributed by atoms with E-state index in [9.17, 15) is 4.79 Å². The third-order valence-electron chi connectivity index (χ3n) is 3.93. The van der Waals surface area contributed by atoms with Gasteiger partial charge in [0.15, 0.2) is 0 Å². The Kier molecular flexibility index (Phi) is 4.53. The van der Waals surface area contributed by atoms with E-state index >= 15 is 0 Å². The highest BCUT2D eigenvalue weighted by molar-refractivity contribution is 5.93. The summed E-state index contributed by atoms with van der Waals surface area (Å²) in [6.45, 7) is 7.06. The number of carbonyl (C=O) groups excluding carboxylic acids is 1. The normalized spacial score (nSPS) is 19.2. The fourth-order valence-electron chi connectivity index (χ4n) is 2.64. The van der Waals surface area contributed by atoms with Crippen molar-refractivity contribution in [3.05, 3.63) is 18.2 Å².